The maximum atomic E-state index is 11.2. The molecule has 0 spiro atoms. The molecule has 2 aromatic rings. The molecule has 3 rings (SSSR count). The van der Waals surface area contributed by atoms with Gasteiger partial charge in [0, 0.05) is 17.4 Å². The molecule has 1 saturated heterocycles. The van der Waals surface area contributed by atoms with Crippen LogP contribution in [0.3, 0.4) is 0 Å². The van der Waals surface area contributed by atoms with Gasteiger partial charge in [-0.15, -0.1) is 11.3 Å². The van der Waals surface area contributed by atoms with Gasteiger partial charge in [-0.25, -0.2) is 4.98 Å². The normalized spacial score (nSPS) is 15.1. The summed E-state index contributed by atoms with van der Waals surface area (Å²) in [6, 6.07) is 8.10. The van der Waals surface area contributed by atoms with Crippen molar-refractivity contribution in [1.82, 2.24) is 10.3 Å². The average Bonchev–Trinajstić information content (AvgIpc) is 3.14. The van der Waals surface area contributed by atoms with Crippen LogP contribution in [0, 0.1) is 5.92 Å². The first kappa shape index (κ1) is 17.9. The van der Waals surface area contributed by atoms with Crippen molar-refractivity contribution in [2.75, 3.05) is 26.8 Å². The van der Waals surface area contributed by atoms with Gasteiger partial charge in [0.2, 0.25) is 0 Å². The number of nitrogens with zero attached hydrogens (tertiary/aromatic N) is 1. The Hall–Kier alpha value is -1.92. The molecular formula is C19H24N2O3S. The summed E-state index contributed by atoms with van der Waals surface area (Å²) in [5.41, 5.74) is 2.00. The Morgan fingerprint density at radius 1 is 1.28 bits per heavy atom. The van der Waals surface area contributed by atoms with Crippen LogP contribution in [0.4, 0.5) is 0 Å². The van der Waals surface area contributed by atoms with Gasteiger partial charge in [-0.2, -0.15) is 0 Å². The van der Waals surface area contributed by atoms with Crippen LogP contribution in [0.25, 0.3) is 10.6 Å². The number of aryl methyl sites for hydroxylation is 1. The predicted molar refractivity (Wildman–Crippen MR) is 99.0 cm³/mol. The van der Waals surface area contributed by atoms with E-state index in [4.69, 9.17) is 4.74 Å². The van der Waals surface area contributed by atoms with E-state index < -0.39 is 0 Å². The first-order valence-electron chi connectivity index (χ1n) is 8.70. The SMILES string of the molecule is COC(=O)CCc1csc(-c2ccc(OCC3CCNCC3)cc2)n1. The second-order valence-corrected chi connectivity index (χ2v) is 7.11. The number of carbonyl (C=O) groups is 1. The third-order valence-electron chi connectivity index (χ3n) is 4.41. The summed E-state index contributed by atoms with van der Waals surface area (Å²) in [6.07, 6.45) is 3.35. The van der Waals surface area contributed by atoms with Gasteiger partial charge in [0.25, 0.3) is 0 Å². The molecule has 6 heteroatoms. The quantitative estimate of drug-likeness (QED) is 0.768. The molecule has 1 aromatic carbocycles. The number of methoxy groups -OCH3 is 1. The third-order valence-corrected chi connectivity index (χ3v) is 5.35. The van der Waals surface area contributed by atoms with Crippen LogP contribution in [-0.4, -0.2) is 37.8 Å². The lowest BCUT2D eigenvalue weighted by Crippen LogP contribution is -2.30. The summed E-state index contributed by atoms with van der Waals surface area (Å²) < 4.78 is 10.6. The maximum Gasteiger partial charge on any atom is 0.305 e. The lowest BCUT2D eigenvalue weighted by molar-refractivity contribution is -0.140. The number of carbonyl (C=O) groups excluding carboxylic acids is 1. The van der Waals surface area contributed by atoms with Crippen molar-refractivity contribution in [3.63, 3.8) is 0 Å². The standard InChI is InChI=1S/C19H24N2O3S/c1-23-18(22)7-4-16-13-25-19(21-16)15-2-5-17(6-3-15)24-12-14-8-10-20-11-9-14/h2-3,5-6,13-14,20H,4,7-12H2,1H3. The molecule has 5 nitrogen and oxygen atoms in total. The minimum atomic E-state index is -0.204. The summed E-state index contributed by atoms with van der Waals surface area (Å²) in [5.74, 6) is 1.35. The fourth-order valence-electron chi connectivity index (χ4n) is 2.84. The smallest absolute Gasteiger partial charge is 0.305 e. The van der Waals surface area contributed by atoms with Crippen molar-refractivity contribution in [3.8, 4) is 16.3 Å². The molecule has 1 fully saturated rings. The molecular weight excluding hydrogens is 336 g/mol. The highest BCUT2D eigenvalue weighted by atomic mass is 32.1. The molecule has 1 N–H and O–H groups in total. The summed E-state index contributed by atoms with van der Waals surface area (Å²) in [4.78, 5) is 15.8. The van der Waals surface area contributed by atoms with Crippen LogP contribution >= 0.6 is 11.3 Å². The van der Waals surface area contributed by atoms with Crippen LogP contribution in [0.5, 0.6) is 5.75 Å². The largest absolute Gasteiger partial charge is 0.493 e. The molecule has 1 aliphatic heterocycles. The zero-order chi connectivity index (χ0) is 17.5. The van der Waals surface area contributed by atoms with E-state index in [-0.39, 0.29) is 5.97 Å². The van der Waals surface area contributed by atoms with Crippen LogP contribution in [-0.2, 0) is 16.0 Å². The fraction of sp³-hybridized carbons (Fsp3) is 0.474. The molecule has 25 heavy (non-hydrogen) atoms. The lowest BCUT2D eigenvalue weighted by Gasteiger charge is -2.22. The molecule has 2 heterocycles. The highest BCUT2D eigenvalue weighted by Crippen LogP contribution is 2.26. The Balaban J connectivity index is 1.53. The van der Waals surface area contributed by atoms with Crippen LogP contribution in [0.1, 0.15) is 25.0 Å². The molecule has 0 radical (unpaired) electrons. The topological polar surface area (TPSA) is 60.5 Å². The third kappa shape index (κ3) is 5.28. The summed E-state index contributed by atoms with van der Waals surface area (Å²) in [6.45, 7) is 2.97. The lowest BCUT2D eigenvalue weighted by atomic mass is 9.99. The van der Waals surface area contributed by atoms with Gasteiger partial charge < -0.3 is 14.8 Å². The Bertz CT molecular complexity index is 678. The predicted octanol–water partition coefficient (Wildman–Crippen LogP) is 3.29. The number of aromatic nitrogens is 1. The Morgan fingerprint density at radius 3 is 2.76 bits per heavy atom. The van der Waals surface area contributed by atoms with Crippen molar-refractivity contribution < 1.29 is 14.3 Å². The van der Waals surface area contributed by atoms with Crippen molar-refractivity contribution in [2.24, 2.45) is 5.92 Å². The molecule has 0 unspecified atom stereocenters. The maximum absolute atomic E-state index is 11.2. The number of esters is 1. The molecule has 0 atom stereocenters. The second kappa shape index (κ2) is 8.97. The number of thiazole rings is 1. The number of benzene rings is 1. The van der Waals surface area contributed by atoms with E-state index in [1.54, 1.807) is 11.3 Å². The summed E-state index contributed by atoms with van der Waals surface area (Å²) >= 11 is 1.59. The molecule has 1 aliphatic rings. The zero-order valence-corrected chi connectivity index (χ0v) is 15.3. The number of nitrogens with one attached hydrogen (secondary N) is 1. The molecule has 0 amide bonds. The van der Waals surface area contributed by atoms with E-state index in [0.29, 0.717) is 18.8 Å². The van der Waals surface area contributed by atoms with Crippen molar-refractivity contribution >= 4 is 17.3 Å². The van der Waals surface area contributed by atoms with E-state index >= 15 is 0 Å². The van der Waals surface area contributed by atoms with E-state index in [2.05, 4.69) is 15.0 Å². The van der Waals surface area contributed by atoms with Gasteiger partial charge in [0.05, 0.1) is 25.8 Å². The fourth-order valence-corrected chi connectivity index (χ4v) is 3.70. The van der Waals surface area contributed by atoms with Gasteiger partial charge >= 0.3 is 5.97 Å². The van der Waals surface area contributed by atoms with Gasteiger partial charge in [0.15, 0.2) is 0 Å². The highest BCUT2D eigenvalue weighted by molar-refractivity contribution is 7.13. The van der Waals surface area contributed by atoms with Crippen molar-refractivity contribution in [1.29, 1.82) is 0 Å². The Labute approximate surface area is 152 Å². The van der Waals surface area contributed by atoms with Gasteiger partial charge in [-0.05, 0) is 56.1 Å². The van der Waals surface area contributed by atoms with E-state index in [1.165, 1.54) is 20.0 Å². The van der Waals surface area contributed by atoms with E-state index in [9.17, 15) is 4.79 Å². The van der Waals surface area contributed by atoms with E-state index in [1.807, 2.05) is 29.6 Å². The van der Waals surface area contributed by atoms with Crippen LogP contribution < -0.4 is 10.1 Å². The average molecular weight is 360 g/mol. The monoisotopic (exact) mass is 360 g/mol. The number of rotatable bonds is 7. The zero-order valence-electron chi connectivity index (χ0n) is 14.5. The number of piperidine rings is 1. The Morgan fingerprint density at radius 2 is 2.04 bits per heavy atom. The highest BCUT2D eigenvalue weighted by Gasteiger charge is 2.13. The summed E-state index contributed by atoms with van der Waals surface area (Å²) in [5, 5.41) is 6.33. The minimum Gasteiger partial charge on any atom is -0.493 e. The van der Waals surface area contributed by atoms with Gasteiger partial charge in [-0.3, -0.25) is 4.79 Å². The first-order valence-corrected chi connectivity index (χ1v) is 9.57. The molecule has 0 saturated carbocycles. The second-order valence-electron chi connectivity index (χ2n) is 6.25. The van der Waals surface area contributed by atoms with Gasteiger partial charge in [0.1, 0.15) is 10.8 Å². The molecule has 0 aliphatic carbocycles. The minimum absolute atomic E-state index is 0.204. The van der Waals surface area contributed by atoms with Gasteiger partial charge in [-0.1, -0.05) is 0 Å². The molecule has 134 valence electrons. The number of hydrogen-bond acceptors (Lipinski definition) is 6. The molecule has 1 aromatic heterocycles. The molecule has 0 bridgehead atoms. The summed E-state index contributed by atoms with van der Waals surface area (Å²) in [7, 11) is 1.41. The van der Waals surface area contributed by atoms with Crippen molar-refractivity contribution in [3.05, 3.63) is 35.3 Å². The van der Waals surface area contributed by atoms with E-state index in [0.717, 1.165) is 41.7 Å². The van der Waals surface area contributed by atoms with Crippen molar-refractivity contribution in [2.45, 2.75) is 25.7 Å². The number of hydrogen-bond donors (Lipinski definition) is 1. The first-order chi connectivity index (χ1) is 12.2. The van der Waals surface area contributed by atoms with Crippen LogP contribution in [0.2, 0.25) is 0 Å². The van der Waals surface area contributed by atoms with Crippen LogP contribution in [0.15, 0.2) is 29.6 Å². The number of ether oxygens (including phenoxy) is 2. The Kier molecular flexibility index (Phi) is 6.42.